The van der Waals surface area contributed by atoms with Crippen LogP contribution in [0.4, 0.5) is 0 Å². The number of rotatable bonds is 4. The van der Waals surface area contributed by atoms with Crippen molar-refractivity contribution >= 4 is 0 Å². The van der Waals surface area contributed by atoms with E-state index in [0.717, 1.165) is 43.7 Å². The Hall–Kier alpha value is -2.66. The van der Waals surface area contributed by atoms with Gasteiger partial charge in [-0.1, -0.05) is 17.7 Å². The second-order valence-electron chi connectivity index (χ2n) is 7.63. The fraction of sp³-hybridized carbons (Fsp3) is 0.364. The average molecular weight is 362 g/mol. The molecule has 3 aromatic rings. The van der Waals surface area contributed by atoms with Crippen LogP contribution in [0.1, 0.15) is 41.0 Å². The number of hydrogen-bond donors (Lipinski definition) is 2. The summed E-state index contributed by atoms with van der Waals surface area (Å²) in [5.74, 6) is 0.478. The van der Waals surface area contributed by atoms with Gasteiger partial charge in [0.2, 0.25) is 5.56 Å². The third-order valence-electron chi connectivity index (χ3n) is 5.63. The summed E-state index contributed by atoms with van der Waals surface area (Å²) in [6.45, 7) is 7.25. The van der Waals surface area contributed by atoms with Crippen LogP contribution in [0.2, 0.25) is 0 Å². The standard InChI is InChI=1S/C22H26N4O/c1-15-3-4-16(2)20(11-15)22-19(13-24-25-22)14-26-9-6-17(7-10-26)18-5-8-23-21(27)12-18/h3-5,8,11-13,17H,6-7,9-10,14H2,1-2H3,(H,23,27)(H,24,25). The molecule has 0 aliphatic carbocycles. The van der Waals surface area contributed by atoms with Gasteiger partial charge in [0, 0.05) is 29.9 Å². The van der Waals surface area contributed by atoms with Crippen molar-refractivity contribution in [3.05, 3.63) is 75.3 Å². The number of aromatic nitrogens is 3. The first-order valence-corrected chi connectivity index (χ1v) is 9.61. The van der Waals surface area contributed by atoms with Crippen molar-refractivity contribution in [2.75, 3.05) is 13.1 Å². The van der Waals surface area contributed by atoms with E-state index in [1.54, 1.807) is 12.3 Å². The molecule has 0 spiro atoms. The van der Waals surface area contributed by atoms with Crippen molar-refractivity contribution in [3.8, 4) is 11.3 Å². The van der Waals surface area contributed by atoms with Crippen LogP contribution in [-0.4, -0.2) is 33.2 Å². The third kappa shape index (κ3) is 3.88. The van der Waals surface area contributed by atoms with Gasteiger partial charge in [-0.05, 0) is 69.0 Å². The van der Waals surface area contributed by atoms with Crippen LogP contribution in [-0.2, 0) is 6.54 Å². The van der Waals surface area contributed by atoms with Crippen molar-refractivity contribution in [3.63, 3.8) is 0 Å². The minimum Gasteiger partial charge on any atom is -0.329 e. The number of H-pyrrole nitrogens is 2. The summed E-state index contributed by atoms with van der Waals surface area (Å²) >= 11 is 0. The molecule has 1 fully saturated rings. The Morgan fingerprint density at radius 1 is 1.15 bits per heavy atom. The maximum absolute atomic E-state index is 11.6. The van der Waals surface area contributed by atoms with Crippen LogP contribution in [0.5, 0.6) is 0 Å². The summed E-state index contributed by atoms with van der Waals surface area (Å²) in [4.78, 5) is 16.7. The van der Waals surface area contributed by atoms with Crippen molar-refractivity contribution < 1.29 is 0 Å². The normalized spacial score (nSPS) is 15.9. The van der Waals surface area contributed by atoms with Gasteiger partial charge in [0.15, 0.2) is 0 Å². The van der Waals surface area contributed by atoms with Crippen LogP contribution in [0, 0.1) is 13.8 Å². The van der Waals surface area contributed by atoms with Crippen LogP contribution in [0.15, 0.2) is 47.5 Å². The van der Waals surface area contributed by atoms with Gasteiger partial charge in [0.25, 0.3) is 0 Å². The van der Waals surface area contributed by atoms with E-state index in [0.29, 0.717) is 5.92 Å². The monoisotopic (exact) mass is 362 g/mol. The molecule has 1 aromatic carbocycles. The molecule has 0 radical (unpaired) electrons. The van der Waals surface area contributed by atoms with E-state index in [9.17, 15) is 4.79 Å². The summed E-state index contributed by atoms with van der Waals surface area (Å²) in [6, 6.07) is 10.3. The molecule has 0 amide bonds. The number of nitrogens with one attached hydrogen (secondary N) is 2. The predicted molar refractivity (Wildman–Crippen MR) is 108 cm³/mol. The number of likely N-dealkylation sites (tertiary alicyclic amines) is 1. The lowest BCUT2D eigenvalue weighted by atomic mass is 9.90. The average Bonchev–Trinajstić information content (AvgIpc) is 3.12. The third-order valence-corrected chi connectivity index (χ3v) is 5.63. The van der Waals surface area contributed by atoms with Crippen molar-refractivity contribution in [2.45, 2.75) is 39.2 Å². The number of pyridine rings is 1. The second kappa shape index (κ2) is 7.53. The van der Waals surface area contributed by atoms with E-state index < -0.39 is 0 Å². The molecule has 1 aliphatic heterocycles. The summed E-state index contributed by atoms with van der Waals surface area (Å²) in [6.07, 6.45) is 5.88. The molecular weight excluding hydrogens is 336 g/mol. The lowest BCUT2D eigenvalue weighted by molar-refractivity contribution is 0.205. The Bertz CT molecular complexity index is 980. The summed E-state index contributed by atoms with van der Waals surface area (Å²) < 4.78 is 0. The Kier molecular flexibility index (Phi) is 4.94. The molecule has 0 saturated carbocycles. The highest BCUT2D eigenvalue weighted by atomic mass is 16.1. The quantitative estimate of drug-likeness (QED) is 0.743. The molecule has 0 unspecified atom stereocenters. The van der Waals surface area contributed by atoms with E-state index in [1.807, 2.05) is 12.3 Å². The first-order chi connectivity index (χ1) is 13.1. The molecule has 2 N–H and O–H groups in total. The molecule has 1 saturated heterocycles. The summed E-state index contributed by atoms with van der Waals surface area (Å²) in [5, 5.41) is 7.52. The molecule has 2 aromatic heterocycles. The molecule has 1 aliphatic rings. The number of aromatic amines is 2. The maximum Gasteiger partial charge on any atom is 0.248 e. The number of hydrogen-bond acceptors (Lipinski definition) is 3. The predicted octanol–water partition coefficient (Wildman–Crippen LogP) is 3.76. The molecule has 4 rings (SSSR count). The van der Waals surface area contributed by atoms with Crippen LogP contribution < -0.4 is 5.56 Å². The topological polar surface area (TPSA) is 64.8 Å². The maximum atomic E-state index is 11.6. The zero-order valence-electron chi connectivity index (χ0n) is 16.0. The number of piperidine rings is 1. The van der Waals surface area contributed by atoms with Crippen molar-refractivity contribution in [1.29, 1.82) is 0 Å². The minimum absolute atomic E-state index is 0.00788. The second-order valence-corrected chi connectivity index (χ2v) is 7.63. The highest BCUT2D eigenvalue weighted by Crippen LogP contribution is 2.30. The Labute approximate surface area is 159 Å². The van der Waals surface area contributed by atoms with Crippen molar-refractivity contribution in [2.24, 2.45) is 0 Å². The van der Waals surface area contributed by atoms with Gasteiger partial charge in [0.1, 0.15) is 0 Å². The number of aryl methyl sites for hydroxylation is 2. The number of benzene rings is 1. The van der Waals surface area contributed by atoms with Crippen LogP contribution in [0.3, 0.4) is 0 Å². The van der Waals surface area contributed by atoms with Gasteiger partial charge in [-0.3, -0.25) is 14.8 Å². The van der Waals surface area contributed by atoms with Gasteiger partial charge < -0.3 is 4.98 Å². The van der Waals surface area contributed by atoms with Gasteiger partial charge in [-0.15, -0.1) is 0 Å². The zero-order chi connectivity index (χ0) is 18.8. The summed E-state index contributed by atoms with van der Waals surface area (Å²) in [7, 11) is 0. The molecule has 5 heteroatoms. The molecule has 3 heterocycles. The molecule has 0 bridgehead atoms. The molecule has 0 atom stereocenters. The van der Waals surface area contributed by atoms with Crippen LogP contribution >= 0.6 is 0 Å². The highest BCUT2D eigenvalue weighted by molar-refractivity contribution is 5.67. The smallest absolute Gasteiger partial charge is 0.248 e. The van der Waals surface area contributed by atoms with Crippen LogP contribution in [0.25, 0.3) is 11.3 Å². The highest BCUT2D eigenvalue weighted by Gasteiger charge is 2.22. The van der Waals surface area contributed by atoms with E-state index in [4.69, 9.17) is 0 Å². The molecule has 140 valence electrons. The molecule has 27 heavy (non-hydrogen) atoms. The minimum atomic E-state index is -0.00788. The first kappa shape index (κ1) is 17.7. The zero-order valence-corrected chi connectivity index (χ0v) is 16.0. The molecule has 5 nitrogen and oxygen atoms in total. The lowest BCUT2D eigenvalue weighted by Crippen LogP contribution is -2.32. The van der Waals surface area contributed by atoms with E-state index in [-0.39, 0.29) is 5.56 Å². The van der Waals surface area contributed by atoms with Gasteiger partial charge >= 0.3 is 0 Å². The Morgan fingerprint density at radius 2 is 1.96 bits per heavy atom. The van der Waals surface area contributed by atoms with Gasteiger partial charge in [-0.25, -0.2) is 0 Å². The number of nitrogens with zero attached hydrogens (tertiary/aromatic N) is 2. The van der Waals surface area contributed by atoms with E-state index >= 15 is 0 Å². The first-order valence-electron chi connectivity index (χ1n) is 9.61. The van der Waals surface area contributed by atoms with Gasteiger partial charge in [0.05, 0.1) is 11.9 Å². The lowest BCUT2D eigenvalue weighted by Gasteiger charge is -2.32. The van der Waals surface area contributed by atoms with E-state index in [1.165, 1.54) is 22.3 Å². The van der Waals surface area contributed by atoms with Crippen molar-refractivity contribution in [1.82, 2.24) is 20.1 Å². The van der Waals surface area contributed by atoms with Gasteiger partial charge in [-0.2, -0.15) is 5.10 Å². The summed E-state index contributed by atoms with van der Waals surface area (Å²) in [5.41, 5.74) is 7.30. The fourth-order valence-corrected chi connectivity index (χ4v) is 4.05. The Morgan fingerprint density at radius 3 is 2.74 bits per heavy atom. The largest absolute Gasteiger partial charge is 0.329 e. The SMILES string of the molecule is Cc1ccc(C)c(-c2[nH]ncc2CN2CCC(c3cc[nH]c(=O)c3)CC2)c1. The Balaban J connectivity index is 1.45. The molecular formula is C22H26N4O. The fourth-order valence-electron chi connectivity index (χ4n) is 4.05. The van der Waals surface area contributed by atoms with E-state index in [2.05, 4.69) is 52.1 Å².